The first-order valence-corrected chi connectivity index (χ1v) is 6.76. The Labute approximate surface area is 123 Å². The van der Waals surface area contributed by atoms with Crippen molar-refractivity contribution in [3.05, 3.63) is 41.2 Å². The molecule has 0 aliphatic rings. The average molecular weight is 288 g/mol. The Morgan fingerprint density at radius 3 is 2.48 bits per heavy atom. The van der Waals surface area contributed by atoms with Gasteiger partial charge in [0, 0.05) is 5.69 Å². The van der Waals surface area contributed by atoms with Crippen molar-refractivity contribution >= 4 is 11.6 Å². The first-order valence-electron chi connectivity index (χ1n) is 6.76. The van der Waals surface area contributed by atoms with Crippen LogP contribution in [0.3, 0.4) is 0 Å². The lowest BCUT2D eigenvalue weighted by Crippen LogP contribution is -2.20. The van der Waals surface area contributed by atoms with Gasteiger partial charge in [-0.3, -0.25) is 4.79 Å². The van der Waals surface area contributed by atoms with E-state index < -0.39 is 5.60 Å². The number of carbonyl (C=O) groups is 1. The highest BCUT2D eigenvalue weighted by molar-refractivity contribution is 5.92. The van der Waals surface area contributed by atoms with Crippen LogP contribution in [0.2, 0.25) is 0 Å². The molecule has 0 radical (unpaired) electrons. The Morgan fingerprint density at radius 1 is 1.33 bits per heavy atom. The molecule has 2 N–H and O–H groups in total. The third-order valence-electron chi connectivity index (χ3n) is 3.22. The largest absolute Gasteiger partial charge is 0.384 e. The molecule has 0 spiro atoms. The molecule has 1 heterocycles. The summed E-state index contributed by atoms with van der Waals surface area (Å²) < 4.78 is 1.41. The van der Waals surface area contributed by atoms with Gasteiger partial charge in [0.1, 0.15) is 17.8 Å². The minimum atomic E-state index is -1.07. The van der Waals surface area contributed by atoms with Gasteiger partial charge >= 0.3 is 0 Å². The van der Waals surface area contributed by atoms with Crippen molar-refractivity contribution in [2.75, 3.05) is 5.32 Å². The smallest absolute Gasteiger partial charge is 0.246 e. The minimum absolute atomic E-state index is 0.0524. The van der Waals surface area contributed by atoms with Crippen molar-refractivity contribution in [2.45, 2.75) is 39.8 Å². The van der Waals surface area contributed by atoms with Crippen molar-refractivity contribution in [3.8, 4) is 0 Å². The van der Waals surface area contributed by atoms with Crippen molar-refractivity contribution < 1.29 is 9.90 Å². The number of rotatable bonds is 4. The monoisotopic (exact) mass is 288 g/mol. The molecule has 0 aliphatic heterocycles. The number of anilines is 1. The molecule has 1 aromatic carbocycles. The summed E-state index contributed by atoms with van der Waals surface area (Å²) in [5.74, 6) is -0.181. The standard InChI is InChI=1S/C15H20N4O2/c1-10-6-5-7-11(2)14(10)16-13(20)9-19-8-12(17-18-19)15(3,4)21/h5-8,21H,9H2,1-4H3,(H,16,20). The Morgan fingerprint density at radius 2 is 1.95 bits per heavy atom. The third-order valence-corrected chi connectivity index (χ3v) is 3.22. The summed E-state index contributed by atoms with van der Waals surface area (Å²) in [4.78, 5) is 12.1. The van der Waals surface area contributed by atoms with Crippen LogP contribution in [0.1, 0.15) is 30.7 Å². The molecule has 0 aliphatic carbocycles. The molecule has 1 amide bonds. The lowest BCUT2D eigenvalue weighted by atomic mass is 10.1. The molecular formula is C15H20N4O2. The van der Waals surface area contributed by atoms with Crippen LogP contribution < -0.4 is 5.32 Å². The van der Waals surface area contributed by atoms with E-state index in [0.29, 0.717) is 5.69 Å². The number of hydrogen-bond acceptors (Lipinski definition) is 4. The first kappa shape index (κ1) is 15.2. The fourth-order valence-corrected chi connectivity index (χ4v) is 1.99. The van der Waals surface area contributed by atoms with E-state index in [4.69, 9.17) is 0 Å². The Balaban J connectivity index is 2.07. The highest BCUT2D eigenvalue weighted by atomic mass is 16.3. The quantitative estimate of drug-likeness (QED) is 0.898. The van der Waals surface area contributed by atoms with Gasteiger partial charge in [-0.05, 0) is 38.8 Å². The lowest BCUT2D eigenvalue weighted by molar-refractivity contribution is -0.116. The number of para-hydroxylation sites is 1. The van der Waals surface area contributed by atoms with E-state index in [9.17, 15) is 9.90 Å². The normalized spacial score (nSPS) is 11.5. The number of nitrogens with zero attached hydrogens (tertiary/aromatic N) is 3. The van der Waals surface area contributed by atoms with Crippen molar-refractivity contribution in [3.63, 3.8) is 0 Å². The summed E-state index contributed by atoms with van der Waals surface area (Å²) in [6.07, 6.45) is 1.57. The number of amides is 1. The van der Waals surface area contributed by atoms with E-state index in [1.807, 2.05) is 32.0 Å². The number of nitrogens with one attached hydrogen (secondary N) is 1. The highest BCUT2D eigenvalue weighted by Crippen LogP contribution is 2.19. The molecule has 6 heteroatoms. The second-order valence-corrected chi connectivity index (χ2v) is 5.68. The molecule has 2 rings (SSSR count). The van der Waals surface area contributed by atoms with Gasteiger partial charge in [-0.1, -0.05) is 23.4 Å². The fourth-order valence-electron chi connectivity index (χ4n) is 1.99. The zero-order valence-corrected chi connectivity index (χ0v) is 12.7. The lowest BCUT2D eigenvalue weighted by Gasteiger charge is -2.12. The maximum absolute atomic E-state index is 12.1. The second kappa shape index (κ2) is 5.65. The third kappa shape index (κ3) is 3.66. The van der Waals surface area contributed by atoms with Gasteiger partial charge in [0.25, 0.3) is 0 Å². The Bertz CT molecular complexity index is 636. The molecule has 0 saturated carbocycles. The van der Waals surface area contributed by atoms with E-state index >= 15 is 0 Å². The summed E-state index contributed by atoms with van der Waals surface area (Å²) in [6.45, 7) is 7.20. The van der Waals surface area contributed by atoms with E-state index in [1.165, 1.54) is 4.68 Å². The maximum atomic E-state index is 12.1. The van der Waals surface area contributed by atoms with Gasteiger partial charge in [0.05, 0.1) is 6.20 Å². The number of benzene rings is 1. The predicted octanol–water partition coefficient (Wildman–Crippen LogP) is 1.76. The molecule has 0 saturated heterocycles. The van der Waals surface area contributed by atoms with E-state index in [2.05, 4.69) is 15.6 Å². The van der Waals surface area contributed by atoms with Crippen molar-refractivity contribution in [2.24, 2.45) is 0 Å². The molecular weight excluding hydrogens is 268 g/mol. The summed E-state index contributed by atoms with van der Waals surface area (Å²) in [5.41, 5.74) is 2.22. The summed E-state index contributed by atoms with van der Waals surface area (Å²) >= 11 is 0. The van der Waals surface area contributed by atoms with Gasteiger partial charge in [-0.2, -0.15) is 0 Å². The molecule has 2 aromatic rings. The van der Waals surface area contributed by atoms with Crippen LogP contribution in [0.25, 0.3) is 0 Å². The van der Waals surface area contributed by atoms with Gasteiger partial charge < -0.3 is 10.4 Å². The van der Waals surface area contributed by atoms with Crippen molar-refractivity contribution in [1.82, 2.24) is 15.0 Å². The average Bonchev–Trinajstić information content (AvgIpc) is 2.82. The number of aliphatic hydroxyl groups is 1. The Kier molecular flexibility index (Phi) is 4.09. The highest BCUT2D eigenvalue weighted by Gasteiger charge is 2.20. The van der Waals surface area contributed by atoms with E-state index in [0.717, 1.165) is 16.8 Å². The van der Waals surface area contributed by atoms with Crippen LogP contribution >= 0.6 is 0 Å². The van der Waals surface area contributed by atoms with Gasteiger partial charge in [-0.25, -0.2) is 4.68 Å². The fraction of sp³-hybridized carbons (Fsp3) is 0.400. The van der Waals surface area contributed by atoms with Crippen LogP contribution in [0, 0.1) is 13.8 Å². The SMILES string of the molecule is Cc1cccc(C)c1NC(=O)Cn1cc(C(C)(C)O)nn1. The number of aryl methyl sites for hydroxylation is 2. The Hall–Kier alpha value is -2.21. The van der Waals surface area contributed by atoms with Crippen LogP contribution in [-0.4, -0.2) is 26.0 Å². The van der Waals surface area contributed by atoms with Gasteiger partial charge in [-0.15, -0.1) is 5.10 Å². The molecule has 6 nitrogen and oxygen atoms in total. The molecule has 0 bridgehead atoms. The first-order chi connectivity index (χ1) is 9.77. The summed E-state index contributed by atoms with van der Waals surface area (Å²) in [7, 11) is 0. The topological polar surface area (TPSA) is 80.0 Å². The van der Waals surface area contributed by atoms with E-state index in [1.54, 1.807) is 20.0 Å². The number of carbonyl (C=O) groups excluding carboxylic acids is 1. The van der Waals surface area contributed by atoms with Crippen molar-refractivity contribution in [1.29, 1.82) is 0 Å². The number of hydrogen-bond donors (Lipinski definition) is 2. The van der Waals surface area contributed by atoms with E-state index in [-0.39, 0.29) is 12.5 Å². The van der Waals surface area contributed by atoms with Gasteiger partial charge in [0.15, 0.2) is 0 Å². The number of aromatic nitrogens is 3. The molecule has 21 heavy (non-hydrogen) atoms. The second-order valence-electron chi connectivity index (χ2n) is 5.68. The molecule has 0 unspecified atom stereocenters. The summed E-state index contributed by atoms with van der Waals surface area (Å²) in [6, 6.07) is 5.85. The molecule has 0 atom stereocenters. The maximum Gasteiger partial charge on any atom is 0.246 e. The molecule has 112 valence electrons. The van der Waals surface area contributed by atoms with Crippen LogP contribution in [0.5, 0.6) is 0 Å². The zero-order chi connectivity index (χ0) is 15.6. The predicted molar refractivity (Wildman–Crippen MR) is 79.8 cm³/mol. The van der Waals surface area contributed by atoms with Crippen LogP contribution in [-0.2, 0) is 16.9 Å². The zero-order valence-electron chi connectivity index (χ0n) is 12.7. The molecule has 1 aromatic heterocycles. The van der Waals surface area contributed by atoms with Crippen LogP contribution in [0.4, 0.5) is 5.69 Å². The van der Waals surface area contributed by atoms with Gasteiger partial charge in [0.2, 0.25) is 5.91 Å². The van der Waals surface area contributed by atoms with Crippen LogP contribution in [0.15, 0.2) is 24.4 Å². The molecule has 0 fully saturated rings. The summed E-state index contributed by atoms with van der Waals surface area (Å²) in [5, 5.41) is 20.4. The minimum Gasteiger partial charge on any atom is -0.384 e.